The largest absolute Gasteiger partial charge is 0.363 e. The minimum absolute atomic E-state index is 0.624. The van der Waals surface area contributed by atoms with Gasteiger partial charge in [-0.15, -0.1) is 10.2 Å². The van der Waals surface area contributed by atoms with Gasteiger partial charge in [-0.3, -0.25) is 0 Å². The van der Waals surface area contributed by atoms with E-state index in [4.69, 9.17) is 0 Å². The number of nitrogens with zero attached hydrogens (tertiary/aromatic N) is 3. The molecule has 0 amide bonds. The SMILES string of the molecule is Cc1cc(NCc2nnc(-c3ccccc3)s2)ncc1Br. The topological polar surface area (TPSA) is 50.7 Å². The third-order valence-electron chi connectivity index (χ3n) is 2.96. The lowest BCUT2D eigenvalue weighted by Gasteiger charge is -2.04. The number of aromatic nitrogens is 3. The molecule has 3 aromatic rings. The Morgan fingerprint density at radius 2 is 2.00 bits per heavy atom. The minimum Gasteiger partial charge on any atom is -0.363 e. The molecule has 0 bridgehead atoms. The lowest BCUT2D eigenvalue weighted by Crippen LogP contribution is -2.01. The van der Waals surface area contributed by atoms with Gasteiger partial charge in [0.25, 0.3) is 0 Å². The Bertz CT molecular complexity index is 742. The van der Waals surface area contributed by atoms with Crippen molar-refractivity contribution in [2.45, 2.75) is 13.5 Å². The van der Waals surface area contributed by atoms with Gasteiger partial charge < -0.3 is 5.32 Å². The number of halogens is 1. The minimum atomic E-state index is 0.624. The lowest BCUT2D eigenvalue weighted by molar-refractivity contribution is 0.984. The van der Waals surface area contributed by atoms with Crippen LogP contribution in [-0.2, 0) is 6.54 Å². The Balaban J connectivity index is 1.69. The molecular weight excluding hydrogens is 348 g/mol. The first-order chi connectivity index (χ1) is 10.2. The first kappa shape index (κ1) is 14.2. The predicted molar refractivity (Wildman–Crippen MR) is 89.3 cm³/mol. The number of pyridine rings is 1. The van der Waals surface area contributed by atoms with Gasteiger partial charge in [0, 0.05) is 16.2 Å². The van der Waals surface area contributed by atoms with Crippen LogP contribution in [0.2, 0.25) is 0 Å². The van der Waals surface area contributed by atoms with Crippen molar-refractivity contribution >= 4 is 33.1 Å². The van der Waals surface area contributed by atoms with Gasteiger partial charge in [0.05, 0.1) is 6.54 Å². The zero-order chi connectivity index (χ0) is 14.7. The van der Waals surface area contributed by atoms with E-state index in [1.807, 2.05) is 43.3 Å². The maximum atomic E-state index is 4.32. The molecular formula is C15H13BrN4S. The molecule has 2 heterocycles. The molecule has 0 fully saturated rings. The quantitative estimate of drug-likeness (QED) is 0.754. The number of anilines is 1. The molecule has 4 nitrogen and oxygen atoms in total. The molecule has 0 saturated heterocycles. The Morgan fingerprint density at radius 1 is 1.19 bits per heavy atom. The van der Waals surface area contributed by atoms with E-state index in [2.05, 4.69) is 36.4 Å². The van der Waals surface area contributed by atoms with Crippen LogP contribution >= 0.6 is 27.3 Å². The average Bonchev–Trinajstić information content (AvgIpc) is 2.98. The molecule has 6 heteroatoms. The number of rotatable bonds is 4. The summed E-state index contributed by atoms with van der Waals surface area (Å²) in [6, 6.07) is 12.1. The number of benzene rings is 1. The predicted octanol–water partition coefficient (Wildman–Crippen LogP) is 4.28. The Kier molecular flexibility index (Phi) is 4.26. The molecule has 3 rings (SSSR count). The maximum Gasteiger partial charge on any atom is 0.147 e. The maximum absolute atomic E-state index is 4.32. The van der Waals surface area contributed by atoms with Crippen LogP contribution in [0.1, 0.15) is 10.6 Å². The highest BCUT2D eigenvalue weighted by atomic mass is 79.9. The van der Waals surface area contributed by atoms with Crippen molar-refractivity contribution in [3.8, 4) is 10.6 Å². The van der Waals surface area contributed by atoms with E-state index in [0.717, 1.165) is 31.4 Å². The van der Waals surface area contributed by atoms with Crippen LogP contribution in [0, 0.1) is 6.92 Å². The van der Waals surface area contributed by atoms with Gasteiger partial charge in [0.1, 0.15) is 15.8 Å². The summed E-state index contributed by atoms with van der Waals surface area (Å²) in [5.41, 5.74) is 2.24. The second-order valence-electron chi connectivity index (χ2n) is 4.54. The Morgan fingerprint density at radius 3 is 2.76 bits per heavy atom. The smallest absolute Gasteiger partial charge is 0.147 e. The van der Waals surface area contributed by atoms with Crippen LogP contribution in [-0.4, -0.2) is 15.2 Å². The van der Waals surface area contributed by atoms with Gasteiger partial charge in [-0.05, 0) is 34.5 Å². The number of hydrogen-bond acceptors (Lipinski definition) is 5. The van der Waals surface area contributed by atoms with E-state index in [-0.39, 0.29) is 0 Å². The highest BCUT2D eigenvalue weighted by molar-refractivity contribution is 9.10. The average molecular weight is 361 g/mol. The van der Waals surface area contributed by atoms with Crippen LogP contribution in [0.3, 0.4) is 0 Å². The molecule has 0 aliphatic rings. The fourth-order valence-corrected chi connectivity index (χ4v) is 2.83. The van der Waals surface area contributed by atoms with E-state index >= 15 is 0 Å². The van der Waals surface area contributed by atoms with Crippen molar-refractivity contribution < 1.29 is 0 Å². The molecule has 0 saturated carbocycles. The van der Waals surface area contributed by atoms with Gasteiger partial charge in [-0.25, -0.2) is 4.98 Å². The molecule has 0 radical (unpaired) electrons. The van der Waals surface area contributed by atoms with E-state index in [1.54, 1.807) is 17.5 Å². The molecule has 2 aromatic heterocycles. The van der Waals surface area contributed by atoms with Gasteiger partial charge in [-0.1, -0.05) is 41.7 Å². The summed E-state index contributed by atoms with van der Waals surface area (Å²) in [6.45, 7) is 2.66. The molecule has 0 unspecified atom stereocenters. The second kappa shape index (κ2) is 6.32. The molecule has 0 aliphatic heterocycles. The fraction of sp³-hybridized carbons (Fsp3) is 0.133. The lowest BCUT2D eigenvalue weighted by atomic mass is 10.2. The van der Waals surface area contributed by atoms with Crippen molar-refractivity contribution in [3.63, 3.8) is 0 Å². The van der Waals surface area contributed by atoms with Crippen LogP contribution in [0.15, 0.2) is 47.1 Å². The monoisotopic (exact) mass is 360 g/mol. The second-order valence-corrected chi connectivity index (χ2v) is 6.46. The molecule has 1 aromatic carbocycles. The molecule has 0 spiro atoms. The van der Waals surface area contributed by atoms with Gasteiger partial charge >= 0.3 is 0 Å². The first-order valence-electron chi connectivity index (χ1n) is 6.46. The van der Waals surface area contributed by atoms with Crippen molar-refractivity contribution in [1.29, 1.82) is 0 Å². The highest BCUT2D eigenvalue weighted by Crippen LogP contribution is 2.23. The third kappa shape index (κ3) is 3.46. The van der Waals surface area contributed by atoms with E-state index in [1.165, 1.54) is 0 Å². The molecule has 106 valence electrons. The van der Waals surface area contributed by atoms with Crippen molar-refractivity contribution in [3.05, 3.63) is 57.6 Å². The Labute approximate surface area is 135 Å². The van der Waals surface area contributed by atoms with Crippen molar-refractivity contribution in [2.24, 2.45) is 0 Å². The zero-order valence-electron chi connectivity index (χ0n) is 11.4. The van der Waals surface area contributed by atoms with Crippen LogP contribution < -0.4 is 5.32 Å². The normalized spacial score (nSPS) is 10.6. The summed E-state index contributed by atoms with van der Waals surface area (Å²) in [5.74, 6) is 0.840. The Hall–Kier alpha value is -1.79. The number of aryl methyl sites for hydroxylation is 1. The van der Waals surface area contributed by atoms with Crippen molar-refractivity contribution in [2.75, 3.05) is 5.32 Å². The van der Waals surface area contributed by atoms with E-state index in [0.29, 0.717) is 6.54 Å². The number of hydrogen-bond donors (Lipinski definition) is 1. The van der Waals surface area contributed by atoms with Crippen LogP contribution in [0.5, 0.6) is 0 Å². The first-order valence-corrected chi connectivity index (χ1v) is 8.07. The molecule has 0 aliphatic carbocycles. The number of nitrogens with one attached hydrogen (secondary N) is 1. The van der Waals surface area contributed by atoms with E-state index < -0.39 is 0 Å². The fourth-order valence-electron chi connectivity index (χ4n) is 1.82. The molecule has 21 heavy (non-hydrogen) atoms. The third-order valence-corrected chi connectivity index (χ3v) is 4.76. The zero-order valence-corrected chi connectivity index (χ0v) is 13.8. The van der Waals surface area contributed by atoms with Crippen molar-refractivity contribution in [1.82, 2.24) is 15.2 Å². The van der Waals surface area contributed by atoms with E-state index in [9.17, 15) is 0 Å². The standard InChI is InChI=1S/C15H13BrN4S/c1-10-7-13(17-8-12(10)16)18-9-14-19-20-15(21-14)11-5-3-2-4-6-11/h2-8H,9H2,1H3,(H,17,18). The van der Waals surface area contributed by atoms with Crippen LogP contribution in [0.25, 0.3) is 10.6 Å². The van der Waals surface area contributed by atoms with Crippen LogP contribution in [0.4, 0.5) is 5.82 Å². The van der Waals surface area contributed by atoms with Gasteiger partial charge in [-0.2, -0.15) is 0 Å². The summed E-state index contributed by atoms with van der Waals surface area (Å²) in [4.78, 5) is 4.32. The summed E-state index contributed by atoms with van der Waals surface area (Å²) in [5, 5.41) is 13.6. The highest BCUT2D eigenvalue weighted by Gasteiger charge is 2.06. The summed E-state index contributed by atoms with van der Waals surface area (Å²) >= 11 is 5.03. The molecule has 0 atom stereocenters. The summed E-state index contributed by atoms with van der Waals surface area (Å²) in [7, 11) is 0. The van der Waals surface area contributed by atoms with Gasteiger partial charge in [0.2, 0.25) is 0 Å². The summed E-state index contributed by atoms with van der Waals surface area (Å²) in [6.07, 6.45) is 1.80. The molecule has 1 N–H and O–H groups in total. The van der Waals surface area contributed by atoms with Gasteiger partial charge in [0.15, 0.2) is 0 Å². The summed E-state index contributed by atoms with van der Waals surface area (Å²) < 4.78 is 1.01.